The molecule has 1 aliphatic heterocycles. The van der Waals surface area contributed by atoms with Gasteiger partial charge in [0.15, 0.2) is 5.60 Å². The van der Waals surface area contributed by atoms with Crippen molar-refractivity contribution in [1.82, 2.24) is 0 Å². The monoisotopic (exact) mass is 334 g/mol. The first-order chi connectivity index (χ1) is 11.3. The first-order valence-electron chi connectivity index (χ1n) is 7.64. The largest absolute Gasteiger partial charge is 0.496 e. The standard InChI is InChI=1S/C18H22O6/c1-6-11(2)17(20)24-16-7-12(3)15(21-5)8-14(16)18(10-23-18)9-22-13(4)19/h6-8H,9-10H2,1-5H3/t18-/m0/s1. The Morgan fingerprint density at radius 3 is 2.46 bits per heavy atom. The summed E-state index contributed by atoms with van der Waals surface area (Å²) in [6, 6.07) is 3.49. The summed E-state index contributed by atoms with van der Waals surface area (Å²) in [4.78, 5) is 23.2. The number of carbonyl (C=O) groups excluding carboxylic acids is 2. The van der Waals surface area contributed by atoms with Gasteiger partial charge in [-0.1, -0.05) is 6.08 Å². The van der Waals surface area contributed by atoms with Gasteiger partial charge in [0.25, 0.3) is 0 Å². The van der Waals surface area contributed by atoms with Gasteiger partial charge in [0.1, 0.15) is 18.1 Å². The molecule has 130 valence electrons. The lowest BCUT2D eigenvalue weighted by Gasteiger charge is -2.19. The maximum Gasteiger partial charge on any atom is 0.338 e. The number of rotatable bonds is 6. The van der Waals surface area contributed by atoms with Crippen LogP contribution < -0.4 is 9.47 Å². The fraction of sp³-hybridized carbons (Fsp3) is 0.444. The van der Waals surface area contributed by atoms with Crippen LogP contribution in [0.15, 0.2) is 23.8 Å². The van der Waals surface area contributed by atoms with Crippen LogP contribution in [0.5, 0.6) is 11.5 Å². The number of ether oxygens (including phenoxy) is 4. The fourth-order valence-electron chi connectivity index (χ4n) is 2.24. The predicted molar refractivity (Wildman–Crippen MR) is 87.1 cm³/mol. The summed E-state index contributed by atoms with van der Waals surface area (Å²) in [7, 11) is 1.56. The molecule has 1 fully saturated rings. The zero-order chi connectivity index (χ0) is 17.9. The van der Waals surface area contributed by atoms with E-state index in [1.807, 2.05) is 6.92 Å². The average molecular weight is 334 g/mol. The molecular formula is C18H22O6. The van der Waals surface area contributed by atoms with Gasteiger partial charge in [-0.25, -0.2) is 4.79 Å². The minimum Gasteiger partial charge on any atom is -0.496 e. The summed E-state index contributed by atoms with van der Waals surface area (Å²) in [5.74, 6) is 0.188. The molecular weight excluding hydrogens is 312 g/mol. The number of aryl methyl sites for hydroxylation is 1. The molecule has 0 amide bonds. The van der Waals surface area contributed by atoms with Crippen LogP contribution in [0.3, 0.4) is 0 Å². The first-order valence-corrected chi connectivity index (χ1v) is 7.64. The molecule has 0 saturated carbocycles. The molecule has 0 unspecified atom stereocenters. The molecule has 1 heterocycles. The van der Waals surface area contributed by atoms with Crippen molar-refractivity contribution in [2.75, 3.05) is 20.3 Å². The van der Waals surface area contributed by atoms with E-state index in [0.717, 1.165) is 5.56 Å². The normalized spacial score (nSPS) is 19.6. The Morgan fingerprint density at radius 2 is 1.96 bits per heavy atom. The van der Waals surface area contributed by atoms with E-state index in [4.69, 9.17) is 18.9 Å². The highest BCUT2D eigenvalue weighted by Crippen LogP contribution is 2.46. The van der Waals surface area contributed by atoms with Crippen molar-refractivity contribution in [2.24, 2.45) is 0 Å². The van der Waals surface area contributed by atoms with E-state index in [2.05, 4.69) is 0 Å². The van der Waals surface area contributed by atoms with Gasteiger partial charge >= 0.3 is 11.9 Å². The molecule has 1 aliphatic rings. The van der Waals surface area contributed by atoms with Crippen molar-refractivity contribution < 1.29 is 28.5 Å². The number of methoxy groups -OCH3 is 1. The quantitative estimate of drug-likeness (QED) is 0.345. The number of carbonyl (C=O) groups is 2. The highest BCUT2D eigenvalue weighted by molar-refractivity contribution is 5.89. The molecule has 0 aliphatic carbocycles. The molecule has 0 bridgehead atoms. The van der Waals surface area contributed by atoms with Crippen molar-refractivity contribution in [2.45, 2.75) is 33.3 Å². The van der Waals surface area contributed by atoms with E-state index in [1.54, 1.807) is 39.2 Å². The molecule has 6 nitrogen and oxygen atoms in total. The maximum absolute atomic E-state index is 12.1. The zero-order valence-corrected chi connectivity index (χ0v) is 14.6. The van der Waals surface area contributed by atoms with E-state index in [9.17, 15) is 9.59 Å². The van der Waals surface area contributed by atoms with E-state index in [1.165, 1.54) is 6.92 Å². The van der Waals surface area contributed by atoms with Crippen LogP contribution in [0.1, 0.15) is 31.9 Å². The van der Waals surface area contributed by atoms with E-state index >= 15 is 0 Å². The van der Waals surface area contributed by atoms with E-state index in [0.29, 0.717) is 29.2 Å². The molecule has 0 spiro atoms. The van der Waals surface area contributed by atoms with Gasteiger partial charge in [0, 0.05) is 18.1 Å². The summed E-state index contributed by atoms with van der Waals surface area (Å²) in [5.41, 5.74) is 1.15. The lowest BCUT2D eigenvalue weighted by Crippen LogP contribution is -2.21. The number of hydrogen-bond donors (Lipinski definition) is 0. The molecule has 6 heteroatoms. The fourth-order valence-corrected chi connectivity index (χ4v) is 2.24. The number of esters is 2. The Bertz CT molecular complexity index is 685. The maximum atomic E-state index is 12.1. The number of allylic oxidation sites excluding steroid dienone is 1. The molecule has 1 aromatic rings. The zero-order valence-electron chi connectivity index (χ0n) is 14.6. The Labute approximate surface area is 141 Å². The second-order valence-corrected chi connectivity index (χ2v) is 5.74. The van der Waals surface area contributed by atoms with E-state index < -0.39 is 17.5 Å². The highest BCUT2D eigenvalue weighted by atomic mass is 16.6. The molecule has 0 radical (unpaired) electrons. The number of benzene rings is 1. The van der Waals surface area contributed by atoms with Crippen LogP contribution in [0.25, 0.3) is 0 Å². The van der Waals surface area contributed by atoms with Gasteiger partial charge in [0.2, 0.25) is 0 Å². The van der Waals surface area contributed by atoms with Gasteiger partial charge < -0.3 is 18.9 Å². The minimum absolute atomic E-state index is 0.0572. The Hall–Kier alpha value is -2.34. The molecule has 2 rings (SSSR count). The summed E-state index contributed by atoms with van der Waals surface area (Å²) in [5, 5.41) is 0. The lowest BCUT2D eigenvalue weighted by molar-refractivity contribution is -0.143. The van der Waals surface area contributed by atoms with Gasteiger partial charge in [0.05, 0.1) is 13.7 Å². The summed E-state index contributed by atoms with van der Waals surface area (Å²) in [6.07, 6.45) is 1.68. The second-order valence-electron chi connectivity index (χ2n) is 5.74. The Balaban J connectivity index is 2.40. The first kappa shape index (κ1) is 18.0. The minimum atomic E-state index is -0.800. The van der Waals surface area contributed by atoms with Gasteiger partial charge in [-0.05, 0) is 38.5 Å². The molecule has 0 aromatic heterocycles. The van der Waals surface area contributed by atoms with Crippen LogP contribution in [-0.2, 0) is 24.7 Å². The van der Waals surface area contributed by atoms with Crippen LogP contribution in [0.4, 0.5) is 0 Å². The molecule has 1 aromatic carbocycles. The Morgan fingerprint density at radius 1 is 1.29 bits per heavy atom. The molecule has 1 saturated heterocycles. The van der Waals surface area contributed by atoms with Crippen molar-refractivity contribution in [3.05, 3.63) is 34.9 Å². The SMILES string of the molecule is CC=C(C)C(=O)Oc1cc(C)c(OC)cc1[C@]1(COC(C)=O)CO1. The molecule has 24 heavy (non-hydrogen) atoms. The van der Waals surface area contributed by atoms with Gasteiger partial charge in [-0.2, -0.15) is 0 Å². The van der Waals surface area contributed by atoms with Gasteiger partial charge in [-0.15, -0.1) is 0 Å². The summed E-state index contributed by atoms with van der Waals surface area (Å²) in [6.45, 7) is 7.07. The second kappa shape index (κ2) is 7.05. The van der Waals surface area contributed by atoms with Crippen molar-refractivity contribution in [3.8, 4) is 11.5 Å². The van der Waals surface area contributed by atoms with Crippen LogP contribution in [-0.4, -0.2) is 32.3 Å². The topological polar surface area (TPSA) is 74.4 Å². The third kappa shape index (κ3) is 3.76. The van der Waals surface area contributed by atoms with Crippen molar-refractivity contribution in [1.29, 1.82) is 0 Å². The smallest absolute Gasteiger partial charge is 0.338 e. The number of epoxide rings is 1. The molecule has 1 atom stereocenters. The van der Waals surface area contributed by atoms with E-state index in [-0.39, 0.29) is 6.61 Å². The third-order valence-electron chi connectivity index (χ3n) is 3.95. The van der Waals surface area contributed by atoms with Crippen LogP contribution >= 0.6 is 0 Å². The third-order valence-corrected chi connectivity index (χ3v) is 3.95. The predicted octanol–water partition coefficient (Wildman–Crippen LogP) is 2.66. The average Bonchev–Trinajstić information content (AvgIpc) is 3.33. The van der Waals surface area contributed by atoms with Crippen LogP contribution in [0.2, 0.25) is 0 Å². The molecule has 0 N–H and O–H groups in total. The Kier molecular flexibility index (Phi) is 5.29. The lowest BCUT2D eigenvalue weighted by atomic mass is 9.97. The number of hydrogen-bond acceptors (Lipinski definition) is 6. The summed E-state index contributed by atoms with van der Waals surface area (Å²) < 4.78 is 21.5. The van der Waals surface area contributed by atoms with Crippen molar-refractivity contribution >= 4 is 11.9 Å². The van der Waals surface area contributed by atoms with Gasteiger partial charge in [-0.3, -0.25) is 4.79 Å². The summed E-state index contributed by atoms with van der Waals surface area (Å²) >= 11 is 0. The highest BCUT2D eigenvalue weighted by Gasteiger charge is 2.50. The van der Waals surface area contributed by atoms with Crippen molar-refractivity contribution in [3.63, 3.8) is 0 Å². The van der Waals surface area contributed by atoms with Crippen LogP contribution in [0, 0.1) is 6.92 Å².